The van der Waals surface area contributed by atoms with Crippen molar-refractivity contribution < 1.29 is 4.74 Å². The Balaban J connectivity index is 2.29. The third-order valence-corrected chi connectivity index (χ3v) is 3.84. The Morgan fingerprint density at radius 3 is 2.68 bits per heavy atom. The van der Waals surface area contributed by atoms with Gasteiger partial charge in [0.15, 0.2) is 11.6 Å². The van der Waals surface area contributed by atoms with Crippen LogP contribution >= 0.6 is 35.4 Å². The summed E-state index contributed by atoms with van der Waals surface area (Å²) in [5.41, 5.74) is 0.750. The molecule has 0 radical (unpaired) electrons. The van der Waals surface area contributed by atoms with Crippen molar-refractivity contribution in [3.8, 4) is 5.75 Å². The Hall–Kier alpha value is -1.37. The fraction of sp³-hybridized carbons (Fsp3) is 0.357. The Morgan fingerprint density at radius 1 is 1.41 bits per heavy atom. The molecular formula is C14H16Cl2N4OS. The minimum Gasteiger partial charge on any atom is -0.494 e. The van der Waals surface area contributed by atoms with Crippen LogP contribution in [0.4, 0.5) is 0 Å². The van der Waals surface area contributed by atoms with Crippen molar-refractivity contribution in [3.05, 3.63) is 38.3 Å². The zero-order valence-corrected chi connectivity index (χ0v) is 14.6. The number of unbranched alkanes of at least 4 members (excludes halogenated alkanes) is 1. The quantitative estimate of drug-likeness (QED) is 0.611. The molecule has 0 saturated heterocycles. The van der Waals surface area contributed by atoms with Gasteiger partial charge in [-0.05, 0) is 36.3 Å². The second kappa shape index (κ2) is 7.76. The second-order valence-electron chi connectivity index (χ2n) is 4.62. The molecule has 0 amide bonds. The third kappa shape index (κ3) is 3.88. The highest BCUT2D eigenvalue weighted by Gasteiger charge is 2.08. The third-order valence-electron chi connectivity index (χ3n) is 3.02. The number of hydrogen-bond donors (Lipinski definition) is 1. The Kier molecular flexibility index (Phi) is 5.99. The van der Waals surface area contributed by atoms with E-state index in [-0.39, 0.29) is 0 Å². The summed E-state index contributed by atoms with van der Waals surface area (Å²) in [4.78, 5) is 0. The van der Waals surface area contributed by atoms with E-state index in [1.807, 2.05) is 0 Å². The van der Waals surface area contributed by atoms with Gasteiger partial charge < -0.3 is 4.74 Å². The summed E-state index contributed by atoms with van der Waals surface area (Å²) in [6.45, 7) is 2.12. The molecule has 118 valence electrons. The number of rotatable bonds is 6. The monoisotopic (exact) mass is 358 g/mol. The molecule has 0 saturated carbocycles. The van der Waals surface area contributed by atoms with Gasteiger partial charge >= 0.3 is 0 Å². The van der Waals surface area contributed by atoms with E-state index in [1.54, 1.807) is 23.0 Å². The highest BCUT2D eigenvalue weighted by Crippen LogP contribution is 2.33. The van der Waals surface area contributed by atoms with Gasteiger partial charge in [-0.25, -0.2) is 0 Å². The first-order valence-corrected chi connectivity index (χ1v) is 7.97. The van der Waals surface area contributed by atoms with Gasteiger partial charge in [0.05, 0.1) is 23.4 Å². The molecule has 0 aliphatic carbocycles. The van der Waals surface area contributed by atoms with Crippen molar-refractivity contribution in [2.75, 3.05) is 7.11 Å². The molecular weight excluding hydrogens is 343 g/mol. The van der Waals surface area contributed by atoms with Gasteiger partial charge in [0.25, 0.3) is 0 Å². The molecule has 2 aromatic rings. The zero-order valence-electron chi connectivity index (χ0n) is 12.3. The molecule has 0 aliphatic heterocycles. The van der Waals surface area contributed by atoms with Gasteiger partial charge in [-0.15, -0.1) is 0 Å². The number of aryl methyl sites for hydroxylation is 1. The van der Waals surface area contributed by atoms with Crippen LogP contribution in [0.5, 0.6) is 5.75 Å². The van der Waals surface area contributed by atoms with Gasteiger partial charge in [-0.1, -0.05) is 36.5 Å². The summed E-state index contributed by atoms with van der Waals surface area (Å²) in [6, 6.07) is 3.45. The van der Waals surface area contributed by atoms with E-state index in [0.29, 0.717) is 20.6 Å². The van der Waals surface area contributed by atoms with Crippen molar-refractivity contribution in [2.24, 2.45) is 5.10 Å². The van der Waals surface area contributed by atoms with Crippen molar-refractivity contribution >= 4 is 41.6 Å². The van der Waals surface area contributed by atoms with E-state index < -0.39 is 0 Å². The van der Waals surface area contributed by atoms with E-state index in [4.69, 9.17) is 40.2 Å². The molecule has 0 atom stereocenters. The van der Waals surface area contributed by atoms with Crippen molar-refractivity contribution in [3.63, 3.8) is 0 Å². The number of hydrogen-bond acceptors (Lipinski definition) is 4. The van der Waals surface area contributed by atoms with Crippen molar-refractivity contribution in [1.29, 1.82) is 0 Å². The van der Waals surface area contributed by atoms with Gasteiger partial charge in [-0.2, -0.15) is 14.9 Å². The molecule has 0 unspecified atom stereocenters. The average molecular weight is 359 g/mol. The minimum absolute atomic E-state index is 0.429. The van der Waals surface area contributed by atoms with Crippen LogP contribution in [0.2, 0.25) is 10.0 Å². The molecule has 2 rings (SSSR count). The molecule has 1 heterocycles. The molecule has 1 aromatic heterocycles. The number of H-pyrrole nitrogens is 1. The highest BCUT2D eigenvalue weighted by atomic mass is 35.5. The SMILES string of the molecule is CCCCc1n[nH]c(=S)n1/N=C\c1cc(Cl)c(OC)c(Cl)c1. The number of methoxy groups -OCH3 is 1. The maximum Gasteiger partial charge on any atom is 0.216 e. The molecule has 8 heteroatoms. The number of nitrogens with zero attached hydrogens (tertiary/aromatic N) is 3. The van der Waals surface area contributed by atoms with Crippen LogP contribution in [0.3, 0.4) is 0 Å². The van der Waals surface area contributed by atoms with Crippen LogP contribution in [0, 0.1) is 4.77 Å². The molecule has 1 aromatic carbocycles. The normalized spacial score (nSPS) is 11.3. The standard InChI is InChI=1S/C14H16Cl2N4OS/c1-3-4-5-12-18-19-14(22)20(12)17-8-9-6-10(15)13(21-2)11(16)7-9/h6-8H,3-5H2,1-2H3,(H,19,22)/b17-8-. The Morgan fingerprint density at radius 2 is 2.09 bits per heavy atom. The fourth-order valence-electron chi connectivity index (χ4n) is 1.91. The van der Waals surface area contributed by atoms with Crippen LogP contribution < -0.4 is 4.74 Å². The van der Waals surface area contributed by atoms with Crippen LogP contribution in [-0.2, 0) is 6.42 Å². The summed E-state index contributed by atoms with van der Waals surface area (Å²) in [6.07, 6.45) is 4.55. The number of ether oxygens (including phenoxy) is 1. The molecule has 22 heavy (non-hydrogen) atoms. The van der Waals surface area contributed by atoms with E-state index >= 15 is 0 Å². The number of aromatic amines is 1. The Bertz CT molecular complexity index is 716. The van der Waals surface area contributed by atoms with E-state index in [1.165, 1.54) is 7.11 Å². The Labute approximate surface area is 143 Å². The maximum atomic E-state index is 6.11. The number of aromatic nitrogens is 3. The maximum absolute atomic E-state index is 6.11. The van der Waals surface area contributed by atoms with E-state index in [0.717, 1.165) is 30.7 Å². The zero-order chi connectivity index (χ0) is 16.1. The lowest BCUT2D eigenvalue weighted by atomic mass is 10.2. The van der Waals surface area contributed by atoms with Crippen LogP contribution in [0.15, 0.2) is 17.2 Å². The van der Waals surface area contributed by atoms with E-state index in [9.17, 15) is 0 Å². The smallest absolute Gasteiger partial charge is 0.216 e. The molecule has 1 N–H and O–H groups in total. The molecule has 0 spiro atoms. The van der Waals surface area contributed by atoms with Crippen LogP contribution in [0.1, 0.15) is 31.2 Å². The summed E-state index contributed by atoms with van der Waals surface area (Å²) in [7, 11) is 1.52. The fourth-order valence-corrected chi connectivity index (χ4v) is 2.77. The number of halogens is 2. The van der Waals surface area contributed by atoms with Crippen LogP contribution in [0.25, 0.3) is 0 Å². The summed E-state index contributed by atoms with van der Waals surface area (Å²) in [5, 5.41) is 12.2. The average Bonchev–Trinajstić information content (AvgIpc) is 2.83. The number of benzene rings is 1. The first-order valence-electron chi connectivity index (χ1n) is 6.80. The molecule has 0 fully saturated rings. The lowest BCUT2D eigenvalue weighted by molar-refractivity contribution is 0.415. The molecule has 0 bridgehead atoms. The molecule has 0 aliphatic rings. The topological polar surface area (TPSA) is 55.2 Å². The van der Waals surface area contributed by atoms with Crippen molar-refractivity contribution in [1.82, 2.24) is 14.9 Å². The summed E-state index contributed by atoms with van der Waals surface area (Å²) in [5.74, 6) is 1.25. The minimum atomic E-state index is 0.429. The van der Waals surface area contributed by atoms with Crippen LogP contribution in [-0.4, -0.2) is 28.2 Å². The summed E-state index contributed by atoms with van der Waals surface area (Å²) >= 11 is 17.4. The predicted molar refractivity (Wildman–Crippen MR) is 92.0 cm³/mol. The molecule has 5 nitrogen and oxygen atoms in total. The lowest BCUT2D eigenvalue weighted by Crippen LogP contribution is -1.99. The first-order chi connectivity index (χ1) is 10.6. The number of nitrogens with one attached hydrogen (secondary N) is 1. The predicted octanol–water partition coefficient (Wildman–Crippen LogP) is 4.48. The summed E-state index contributed by atoms with van der Waals surface area (Å²) < 4.78 is 7.18. The second-order valence-corrected chi connectivity index (χ2v) is 5.82. The van der Waals surface area contributed by atoms with E-state index in [2.05, 4.69) is 22.2 Å². The first kappa shape index (κ1) is 17.0. The largest absolute Gasteiger partial charge is 0.494 e. The lowest BCUT2D eigenvalue weighted by Gasteiger charge is -2.06. The van der Waals surface area contributed by atoms with Gasteiger partial charge in [0, 0.05) is 6.42 Å². The van der Waals surface area contributed by atoms with Gasteiger partial charge in [0.1, 0.15) is 0 Å². The highest BCUT2D eigenvalue weighted by molar-refractivity contribution is 7.71. The van der Waals surface area contributed by atoms with Gasteiger partial charge in [-0.3, -0.25) is 5.10 Å². The van der Waals surface area contributed by atoms with Crippen molar-refractivity contribution in [2.45, 2.75) is 26.2 Å². The van der Waals surface area contributed by atoms with Gasteiger partial charge in [0.2, 0.25) is 4.77 Å².